The molecular formula is C35H46FN5O4. The van der Waals surface area contributed by atoms with E-state index in [0.29, 0.717) is 39.1 Å². The molecule has 2 saturated heterocycles. The molecule has 45 heavy (non-hydrogen) atoms. The zero-order valence-electron chi connectivity index (χ0n) is 27.0. The lowest BCUT2D eigenvalue weighted by Crippen LogP contribution is -2.57. The number of anilines is 1. The Morgan fingerprint density at radius 2 is 1.96 bits per heavy atom. The summed E-state index contributed by atoms with van der Waals surface area (Å²) in [7, 11) is 0. The third kappa shape index (κ3) is 6.23. The number of alkyl halides is 1. The van der Waals surface area contributed by atoms with Crippen LogP contribution < -0.4 is 10.1 Å². The molecule has 0 spiro atoms. The Hall–Kier alpha value is -3.37. The van der Waals surface area contributed by atoms with Gasteiger partial charge in [0.15, 0.2) is 6.23 Å². The molecule has 3 fully saturated rings. The molecule has 10 heteroatoms. The van der Waals surface area contributed by atoms with Gasteiger partial charge in [0.1, 0.15) is 17.0 Å². The van der Waals surface area contributed by atoms with Crippen molar-refractivity contribution in [2.24, 2.45) is 0 Å². The fraction of sp³-hybridized carbons (Fsp3) is 0.600. The van der Waals surface area contributed by atoms with E-state index in [1.165, 1.54) is 11.1 Å². The number of fused-ring (bicyclic) bond motifs is 3. The molecule has 3 aromatic rings. The SMILES string of the molecule is CCOc1cc(NC2CN(C(=O)OC(C)(C)C)C2)ccc1C1c2ccc3c(cnn3C3CCCCO3)c2CCN1CC1(F)CC1. The number of ether oxygens (including phenoxy) is 3. The summed E-state index contributed by atoms with van der Waals surface area (Å²) in [6.07, 6.45) is 6.99. The van der Waals surface area contributed by atoms with Gasteiger partial charge in [-0.1, -0.05) is 12.1 Å². The van der Waals surface area contributed by atoms with E-state index in [4.69, 9.17) is 19.3 Å². The van der Waals surface area contributed by atoms with E-state index in [-0.39, 0.29) is 24.4 Å². The van der Waals surface area contributed by atoms with Gasteiger partial charge in [0.05, 0.1) is 30.4 Å². The standard InChI is InChI=1S/C35H46FN5O4/c1-5-43-30-18-23(38-24-20-40(21-24)33(42)45-34(2,3)4)9-10-27(30)32-26-11-12-29-28(19-37-41(29)31-8-6-7-17-44-31)25(26)13-16-39(32)22-35(36)14-15-35/h9-12,18-19,24,31-32,38H,5-8,13-17,20-22H2,1-4H3. The van der Waals surface area contributed by atoms with Crippen molar-refractivity contribution in [2.75, 3.05) is 44.7 Å². The van der Waals surface area contributed by atoms with Crippen LogP contribution in [0.3, 0.4) is 0 Å². The van der Waals surface area contributed by atoms with Crippen molar-refractivity contribution in [1.29, 1.82) is 0 Å². The molecule has 7 rings (SSSR count). The first-order valence-electron chi connectivity index (χ1n) is 16.7. The molecule has 242 valence electrons. The topological polar surface area (TPSA) is 81.1 Å². The van der Waals surface area contributed by atoms with Crippen LogP contribution in [0.15, 0.2) is 36.5 Å². The first-order valence-corrected chi connectivity index (χ1v) is 16.7. The van der Waals surface area contributed by atoms with Gasteiger partial charge in [-0.2, -0.15) is 5.10 Å². The Bertz CT molecular complexity index is 1550. The van der Waals surface area contributed by atoms with Crippen molar-refractivity contribution in [2.45, 2.75) is 95.8 Å². The number of nitrogens with one attached hydrogen (secondary N) is 1. The van der Waals surface area contributed by atoms with E-state index in [9.17, 15) is 4.79 Å². The first-order chi connectivity index (χ1) is 21.6. The van der Waals surface area contributed by atoms with Crippen molar-refractivity contribution < 1.29 is 23.4 Å². The molecule has 1 saturated carbocycles. The number of hydrogen-bond donors (Lipinski definition) is 1. The van der Waals surface area contributed by atoms with E-state index >= 15 is 4.39 Å². The summed E-state index contributed by atoms with van der Waals surface area (Å²) in [5.74, 6) is 0.795. The van der Waals surface area contributed by atoms with Crippen LogP contribution >= 0.6 is 0 Å². The minimum Gasteiger partial charge on any atom is -0.493 e. The third-order valence-corrected chi connectivity index (χ3v) is 9.46. The predicted octanol–water partition coefficient (Wildman–Crippen LogP) is 6.61. The van der Waals surface area contributed by atoms with Crippen LogP contribution in [-0.2, 0) is 15.9 Å². The van der Waals surface area contributed by atoms with Crippen LogP contribution in [0.25, 0.3) is 10.9 Å². The monoisotopic (exact) mass is 619 g/mol. The lowest BCUT2D eigenvalue weighted by molar-refractivity contribution is -0.0366. The quantitative estimate of drug-likeness (QED) is 0.304. The highest BCUT2D eigenvalue weighted by Crippen LogP contribution is 2.47. The summed E-state index contributed by atoms with van der Waals surface area (Å²) in [5, 5.41) is 9.52. The van der Waals surface area contributed by atoms with E-state index in [1.54, 1.807) is 4.90 Å². The maximum absolute atomic E-state index is 15.3. The van der Waals surface area contributed by atoms with Crippen molar-refractivity contribution in [3.8, 4) is 5.75 Å². The van der Waals surface area contributed by atoms with Crippen LogP contribution in [0, 0.1) is 0 Å². The number of carbonyl (C=O) groups is 1. The maximum Gasteiger partial charge on any atom is 0.410 e. The number of halogens is 1. The van der Waals surface area contributed by atoms with E-state index < -0.39 is 11.3 Å². The fourth-order valence-corrected chi connectivity index (χ4v) is 7.06. The van der Waals surface area contributed by atoms with Gasteiger partial charge in [-0.25, -0.2) is 13.9 Å². The number of aromatic nitrogens is 2. The van der Waals surface area contributed by atoms with E-state index in [0.717, 1.165) is 66.7 Å². The lowest BCUT2D eigenvalue weighted by atomic mass is 9.85. The zero-order chi connectivity index (χ0) is 31.3. The molecule has 4 aliphatic rings. The second-order valence-corrected chi connectivity index (χ2v) is 14.2. The number of nitrogens with zero attached hydrogens (tertiary/aromatic N) is 4. The van der Waals surface area contributed by atoms with Gasteiger partial charge >= 0.3 is 6.09 Å². The summed E-state index contributed by atoms with van der Waals surface area (Å²) in [6.45, 7) is 11.3. The normalized spacial score (nSPS) is 23.4. The maximum atomic E-state index is 15.3. The molecule has 0 radical (unpaired) electrons. The molecule has 1 aromatic heterocycles. The summed E-state index contributed by atoms with van der Waals surface area (Å²) < 4.78 is 35.3. The molecule has 1 aliphatic carbocycles. The minimum absolute atomic E-state index is 0.0251. The van der Waals surface area contributed by atoms with Crippen molar-refractivity contribution in [1.82, 2.24) is 19.6 Å². The number of amides is 1. The second-order valence-electron chi connectivity index (χ2n) is 14.2. The summed E-state index contributed by atoms with van der Waals surface area (Å²) >= 11 is 0. The van der Waals surface area contributed by atoms with Crippen molar-refractivity contribution in [3.63, 3.8) is 0 Å². The number of carbonyl (C=O) groups excluding carboxylic acids is 1. The Morgan fingerprint density at radius 3 is 2.67 bits per heavy atom. The van der Waals surface area contributed by atoms with Crippen LogP contribution in [0.5, 0.6) is 5.75 Å². The molecule has 1 N–H and O–H groups in total. The highest BCUT2D eigenvalue weighted by molar-refractivity contribution is 5.84. The Morgan fingerprint density at radius 1 is 1.16 bits per heavy atom. The van der Waals surface area contributed by atoms with Gasteiger partial charge in [-0.3, -0.25) is 4.90 Å². The average Bonchev–Trinajstić information content (AvgIpc) is 3.54. The number of benzene rings is 2. The van der Waals surface area contributed by atoms with Gasteiger partial charge < -0.3 is 24.4 Å². The van der Waals surface area contributed by atoms with Crippen LogP contribution in [0.2, 0.25) is 0 Å². The molecule has 1 amide bonds. The van der Waals surface area contributed by atoms with E-state index in [2.05, 4.69) is 40.5 Å². The molecule has 2 atom stereocenters. The summed E-state index contributed by atoms with van der Waals surface area (Å²) in [5.41, 5.74) is 3.92. The minimum atomic E-state index is -1.11. The van der Waals surface area contributed by atoms with Gasteiger partial charge in [0.25, 0.3) is 0 Å². The molecule has 2 unspecified atom stereocenters. The number of likely N-dealkylation sites (tertiary alicyclic amines) is 1. The number of rotatable bonds is 8. The van der Waals surface area contributed by atoms with Gasteiger partial charge in [-0.15, -0.1) is 0 Å². The molecule has 2 aromatic carbocycles. The third-order valence-electron chi connectivity index (χ3n) is 9.46. The highest BCUT2D eigenvalue weighted by atomic mass is 19.1. The first kappa shape index (κ1) is 30.3. The Labute approximate surface area is 265 Å². The fourth-order valence-electron chi connectivity index (χ4n) is 7.06. The van der Waals surface area contributed by atoms with Crippen molar-refractivity contribution >= 4 is 22.7 Å². The van der Waals surface area contributed by atoms with Gasteiger partial charge in [0, 0.05) is 55.5 Å². The second kappa shape index (κ2) is 11.8. The van der Waals surface area contributed by atoms with Crippen LogP contribution in [0.4, 0.5) is 14.9 Å². The van der Waals surface area contributed by atoms with E-state index in [1.807, 2.05) is 38.6 Å². The van der Waals surface area contributed by atoms with Crippen LogP contribution in [-0.4, -0.2) is 82.4 Å². The molecule has 4 heterocycles. The zero-order valence-corrected chi connectivity index (χ0v) is 27.0. The van der Waals surface area contributed by atoms with Crippen LogP contribution in [0.1, 0.15) is 88.8 Å². The molecule has 3 aliphatic heterocycles. The molecule has 9 nitrogen and oxygen atoms in total. The smallest absolute Gasteiger partial charge is 0.410 e. The Kier molecular flexibility index (Phi) is 7.92. The van der Waals surface area contributed by atoms with Gasteiger partial charge in [-0.05, 0) is 89.5 Å². The Balaban J connectivity index is 1.18. The molecular weight excluding hydrogens is 573 g/mol. The average molecular weight is 620 g/mol. The number of hydrogen-bond acceptors (Lipinski definition) is 7. The molecule has 0 bridgehead atoms. The van der Waals surface area contributed by atoms with Crippen molar-refractivity contribution in [3.05, 3.63) is 53.2 Å². The predicted molar refractivity (Wildman–Crippen MR) is 172 cm³/mol. The van der Waals surface area contributed by atoms with Gasteiger partial charge in [0.2, 0.25) is 0 Å². The lowest BCUT2D eigenvalue weighted by Gasteiger charge is -2.41. The highest BCUT2D eigenvalue weighted by Gasteiger charge is 2.47. The summed E-state index contributed by atoms with van der Waals surface area (Å²) in [4.78, 5) is 16.4. The largest absolute Gasteiger partial charge is 0.493 e. The summed E-state index contributed by atoms with van der Waals surface area (Å²) in [6, 6.07) is 10.6.